The average molecular weight is 312 g/mol. The lowest BCUT2D eigenvalue weighted by Crippen LogP contribution is -2.73. The number of aliphatic hydroxyl groups is 1. The van der Waals surface area contributed by atoms with Crippen LogP contribution in [0.1, 0.15) is 0 Å². The summed E-state index contributed by atoms with van der Waals surface area (Å²) < 4.78 is 97.4. The average Bonchev–Trinajstić information content (AvgIpc) is 2.28. The zero-order valence-corrected chi connectivity index (χ0v) is 9.39. The van der Waals surface area contributed by atoms with Gasteiger partial charge >= 0.3 is 29.8 Å². The van der Waals surface area contributed by atoms with Gasteiger partial charge in [0.15, 0.2) is 0 Å². The molecule has 1 saturated heterocycles. The summed E-state index contributed by atoms with van der Waals surface area (Å²) in [7, 11) is 0. The Labute approximate surface area is 106 Å². The Bertz CT molecular complexity index is 419. The summed E-state index contributed by atoms with van der Waals surface area (Å²) in [6.07, 6.45) is -9.75. The molecule has 0 amide bonds. The quantitative estimate of drug-likeness (QED) is 0.478. The normalized spacial score (nSPS) is 32.5. The number of esters is 1. The monoisotopic (exact) mass is 312 g/mol. The van der Waals surface area contributed by atoms with E-state index in [9.17, 15) is 35.5 Å². The lowest BCUT2D eigenvalue weighted by molar-refractivity contribution is -0.479. The van der Waals surface area contributed by atoms with Crippen molar-refractivity contribution in [3.63, 3.8) is 0 Å². The number of carbonyl (C=O) groups excluding carboxylic acids is 1. The minimum atomic E-state index is -6.09. The summed E-state index contributed by atoms with van der Waals surface area (Å²) in [5.74, 6) is -17.3. The summed E-state index contributed by atoms with van der Waals surface area (Å²) in [4.78, 5) is 10.7. The minimum absolute atomic E-state index is 0.203. The van der Waals surface area contributed by atoms with E-state index < -0.39 is 42.5 Å². The SMILES string of the molecule is C=CC(=O)OC1C(F)(F)COC(O)(C(F)(F)F)C1(F)F. The Morgan fingerprint density at radius 3 is 2.25 bits per heavy atom. The predicted molar refractivity (Wildman–Crippen MR) is 46.9 cm³/mol. The molecular weight excluding hydrogens is 305 g/mol. The molecule has 1 fully saturated rings. The fraction of sp³-hybridized carbons (Fsp3) is 0.667. The fourth-order valence-corrected chi connectivity index (χ4v) is 1.41. The number of hydrogen-bond acceptors (Lipinski definition) is 4. The first-order valence-corrected chi connectivity index (χ1v) is 4.81. The highest BCUT2D eigenvalue weighted by Crippen LogP contribution is 2.52. The van der Waals surface area contributed by atoms with Crippen LogP contribution in [0.2, 0.25) is 0 Å². The number of rotatable bonds is 2. The van der Waals surface area contributed by atoms with Gasteiger partial charge in [0, 0.05) is 6.08 Å². The maximum absolute atomic E-state index is 13.5. The Kier molecular flexibility index (Phi) is 3.83. The second kappa shape index (κ2) is 4.58. The van der Waals surface area contributed by atoms with Crippen LogP contribution in [-0.4, -0.2) is 47.6 Å². The third-order valence-corrected chi connectivity index (χ3v) is 2.42. The molecule has 1 aliphatic heterocycles. The van der Waals surface area contributed by atoms with Crippen molar-refractivity contribution in [1.29, 1.82) is 0 Å². The Morgan fingerprint density at radius 2 is 1.85 bits per heavy atom. The van der Waals surface area contributed by atoms with E-state index in [1.165, 1.54) is 0 Å². The van der Waals surface area contributed by atoms with Crippen molar-refractivity contribution in [2.75, 3.05) is 6.61 Å². The van der Waals surface area contributed by atoms with Crippen LogP contribution in [0.25, 0.3) is 0 Å². The first-order chi connectivity index (χ1) is 8.79. The van der Waals surface area contributed by atoms with Crippen molar-refractivity contribution in [3.05, 3.63) is 12.7 Å². The van der Waals surface area contributed by atoms with E-state index >= 15 is 0 Å². The third-order valence-electron chi connectivity index (χ3n) is 2.42. The Balaban J connectivity index is 3.29. The van der Waals surface area contributed by atoms with Gasteiger partial charge in [0.1, 0.15) is 6.61 Å². The van der Waals surface area contributed by atoms with E-state index in [1.807, 2.05) is 0 Å². The summed E-state index contributed by atoms with van der Waals surface area (Å²) in [5.41, 5.74) is 0. The van der Waals surface area contributed by atoms with Crippen LogP contribution in [0.5, 0.6) is 0 Å². The van der Waals surface area contributed by atoms with Gasteiger partial charge < -0.3 is 14.6 Å². The lowest BCUT2D eigenvalue weighted by Gasteiger charge is -2.46. The molecule has 2 unspecified atom stereocenters. The molecule has 0 aromatic heterocycles. The molecule has 4 nitrogen and oxygen atoms in total. The van der Waals surface area contributed by atoms with Crippen LogP contribution in [0, 0.1) is 0 Å². The van der Waals surface area contributed by atoms with Crippen molar-refractivity contribution in [1.82, 2.24) is 0 Å². The fourth-order valence-electron chi connectivity index (χ4n) is 1.41. The van der Waals surface area contributed by atoms with Gasteiger partial charge in [-0.15, -0.1) is 0 Å². The zero-order chi connectivity index (χ0) is 16.0. The van der Waals surface area contributed by atoms with Gasteiger partial charge in [-0.25, -0.2) is 4.79 Å². The smallest absolute Gasteiger partial charge is 0.446 e. The van der Waals surface area contributed by atoms with Gasteiger partial charge in [-0.1, -0.05) is 6.58 Å². The Hall–Kier alpha value is -1.36. The summed E-state index contributed by atoms with van der Waals surface area (Å²) >= 11 is 0. The molecule has 11 heteroatoms. The van der Waals surface area contributed by atoms with Crippen molar-refractivity contribution in [3.8, 4) is 0 Å². The highest BCUT2D eigenvalue weighted by molar-refractivity contribution is 5.81. The zero-order valence-electron chi connectivity index (χ0n) is 9.39. The van der Waals surface area contributed by atoms with Crippen molar-refractivity contribution in [2.24, 2.45) is 0 Å². The summed E-state index contributed by atoms with van der Waals surface area (Å²) in [5, 5.41) is 8.88. The number of alkyl halides is 7. The van der Waals surface area contributed by atoms with Crippen LogP contribution in [-0.2, 0) is 14.3 Å². The van der Waals surface area contributed by atoms with E-state index in [0.29, 0.717) is 0 Å². The summed E-state index contributed by atoms with van der Waals surface area (Å²) in [6, 6.07) is 0. The topological polar surface area (TPSA) is 55.8 Å². The predicted octanol–water partition coefficient (Wildman–Crippen LogP) is 1.64. The number of ether oxygens (including phenoxy) is 2. The Morgan fingerprint density at radius 1 is 1.35 bits per heavy atom. The van der Waals surface area contributed by atoms with E-state index in [-0.39, 0.29) is 6.08 Å². The molecule has 0 spiro atoms. The molecular formula is C9H7F7O4. The van der Waals surface area contributed by atoms with Crippen molar-refractivity contribution in [2.45, 2.75) is 29.9 Å². The molecule has 1 aliphatic rings. The second-order valence-corrected chi connectivity index (χ2v) is 3.84. The molecule has 0 bridgehead atoms. The van der Waals surface area contributed by atoms with Gasteiger partial charge in [0.25, 0.3) is 0 Å². The van der Waals surface area contributed by atoms with Crippen LogP contribution < -0.4 is 0 Å². The number of halogens is 7. The van der Waals surface area contributed by atoms with E-state index in [0.717, 1.165) is 0 Å². The third kappa shape index (κ3) is 2.35. The highest BCUT2D eigenvalue weighted by Gasteiger charge is 2.81. The minimum Gasteiger partial charge on any atom is -0.446 e. The molecule has 0 radical (unpaired) electrons. The van der Waals surface area contributed by atoms with Gasteiger partial charge in [0.2, 0.25) is 6.10 Å². The standard InChI is InChI=1S/C9H7F7O4/c1-2-4(17)20-5-6(10,11)3-19-8(18,7(5,12)13)9(14,15)16/h2,5,18H,1,3H2. The first kappa shape index (κ1) is 16.7. The maximum Gasteiger partial charge on any atom is 0.449 e. The molecule has 0 aromatic carbocycles. The highest BCUT2D eigenvalue weighted by atomic mass is 19.4. The van der Waals surface area contributed by atoms with Gasteiger partial charge in [0.05, 0.1) is 0 Å². The van der Waals surface area contributed by atoms with Crippen LogP contribution >= 0.6 is 0 Å². The van der Waals surface area contributed by atoms with Crippen molar-refractivity contribution >= 4 is 5.97 Å². The lowest BCUT2D eigenvalue weighted by atomic mass is 9.94. The molecule has 1 rings (SSSR count). The molecule has 1 N–H and O–H groups in total. The van der Waals surface area contributed by atoms with Gasteiger partial charge in [-0.3, -0.25) is 0 Å². The molecule has 20 heavy (non-hydrogen) atoms. The molecule has 0 aromatic rings. The number of hydrogen-bond donors (Lipinski definition) is 1. The van der Waals surface area contributed by atoms with E-state index in [1.54, 1.807) is 0 Å². The largest absolute Gasteiger partial charge is 0.449 e. The maximum atomic E-state index is 13.5. The van der Waals surface area contributed by atoms with Crippen LogP contribution in [0.3, 0.4) is 0 Å². The molecule has 116 valence electrons. The molecule has 2 atom stereocenters. The first-order valence-electron chi connectivity index (χ1n) is 4.81. The summed E-state index contributed by atoms with van der Waals surface area (Å²) in [6.45, 7) is 0.512. The van der Waals surface area contributed by atoms with Crippen LogP contribution in [0.4, 0.5) is 30.7 Å². The van der Waals surface area contributed by atoms with Gasteiger partial charge in [-0.2, -0.15) is 30.7 Å². The van der Waals surface area contributed by atoms with E-state index in [4.69, 9.17) is 5.11 Å². The van der Waals surface area contributed by atoms with Gasteiger partial charge in [-0.05, 0) is 0 Å². The molecule has 0 aliphatic carbocycles. The molecule has 1 heterocycles. The second-order valence-electron chi connectivity index (χ2n) is 3.84. The van der Waals surface area contributed by atoms with Crippen molar-refractivity contribution < 1.29 is 50.1 Å². The van der Waals surface area contributed by atoms with Crippen LogP contribution in [0.15, 0.2) is 12.7 Å². The molecule has 0 saturated carbocycles. The van der Waals surface area contributed by atoms with E-state index in [2.05, 4.69) is 16.1 Å². The number of carbonyl (C=O) groups is 1.